The predicted molar refractivity (Wildman–Crippen MR) is 65.9 cm³/mol. The van der Waals surface area contributed by atoms with Crippen LogP contribution >= 0.6 is 0 Å². The first kappa shape index (κ1) is 15.8. The highest BCUT2D eigenvalue weighted by atomic mass is 16.5. The first-order valence-corrected chi connectivity index (χ1v) is 6.13. The molecule has 16 heavy (non-hydrogen) atoms. The van der Waals surface area contributed by atoms with Crippen LogP contribution in [-0.4, -0.2) is 52.2 Å². The lowest BCUT2D eigenvalue weighted by molar-refractivity contribution is -0.0383. The van der Waals surface area contributed by atoms with Gasteiger partial charge in [0.1, 0.15) is 0 Å². The maximum Gasteiger partial charge on any atom is 0.0784 e. The number of hydrogen-bond donors (Lipinski definition) is 1. The average Bonchev–Trinajstić information content (AvgIpc) is 2.26. The lowest BCUT2D eigenvalue weighted by Crippen LogP contribution is -2.31. The number of hydrogen-bond acceptors (Lipinski definition) is 4. The third kappa shape index (κ3) is 10.4. The minimum atomic E-state index is 0.163. The number of methoxy groups -OCH3 is 1. The molecule has 0 rings (SSSR count). The van der Waals surface area contributed by atoms with Crippen LogP contribution in [0.4, 0.5) is 0 Å². The Hall–Kier alpha value is -0.160. The minimum absolute atomic E-state index is 0.163. The second-order valence-electron chi connectivity index (χ2n) is 3.97. The largest absolute Gasteiger partial charge is 0.385 e. The summed E-state index contributed by atoms with van der Waals surface area (Å²) in [7, 11) is 1.72. The number of rotatable bonds is 11. The van der Waals surface area contributed by atoms with Gasteiger partial charge in [0.15, 0.2) is 0 Å². The topological polar surface area (TPSA) is 39.7 Å². The molecule has 0 aliphatic carbocycles. The molecule has 0 spiro atoms. The maximum atomic E-state index is 5.74. The molecular weight excluding hydrogens is 206 g/mol. The minimum Gasteiger partial charge on any atom is -0.385 e. The van der Waals surface area contributed by atoms with Crippen LogP contribution < -0.4 is 5.32 Å². The Balaban J connectivity index is 3.32. The third-order valence-electron chi connectivity index (χ3n) is 2.16. The SMILES string of the molecule is CCOCC(C)OC(C)CNCCCOC. The zero-order valence-electron chi connectivity index (χ0n) is 11.1. The van der Waals surface area contributed by atoms with E-state index in [1.807, 2.05) is 13.8 Å². The van der Waals surface area contributed by atoms with E-state index in [2.05, 4.69) is 12.2 Å². The van der Waals surface area contributed by atoms with Crippen LogP contribution in [0.25, 0.3) is 0 Å². The van der Waals surface area contributed by atoms with Gasteiger partial charge in [0.05, 0.1) is 18.8 Å². The fourth-order valence-corrected chi connectivity index (χ4v) is 1.41. The molecule has 0 aliphatic rings. The summed E-state index contributed by atoms with van der Waals surface area (Å²) in [5.74, 6) is 0. The smallest absolute Gasteiger partial charge is 0.0784 e. The van der Waals surface area contributed by atoms with E-state index < -0.39 is 0 Å². The first-order valence-electron chi connectivity index (χ1n) is 6.13. The summed E-state index contributed by atoms with van der Waals surface area (Å²) >= 11 is 0. The van der Waals surface area contributed by atoms with Crippen LogP contribution in [0.15, 0.2) is 0 Å². The van der Waals surface area contributed by atoms with Gasteiger partial charge in [-0.25, -0.2) is 0 Å². The fourth-order valence-electron chi connectivity index (χ4n) is 1.41. The standard InChI is InChI=1S/C12H27NO3/c1-5-15-10-12(3)16-11(2)9-13-7-6-8-14-4/h11-13H,5-10H2,1-4H3. The van der Waals surface area contributed by atoms with Crippen molar-refractivity contribution in [2.45, 2.75) is 39.4 Å². The van der Waals surface area contributed by atoms with Crippen molar-refractivity contribution >= 4 is 0 Å². The van der Waals surface area contributed by atoms with Gasteiger partial charge in [-0.3, -0.25) is 0 Å². The van der Waals surface area contributed by atoms with Crippen LogP contribution in [0.1, 0.15) is 27.2 Å². The average molecular weight is 233 g/mol. The lowest BCUT2D eigenvalue weighted by atomic mass is 10.3. The number of nitrogens with one attached hydrogen (secondary N) is 1. The molecule has 0 bridgehead atoms. The summed E-state index contributed by atoms with van der Waals surface area (Å²) in [6.07, 6.45) is 1.42. The monoisotopic (exact) mass is 233 g/mol. The third-order valence-corrected chi connectivity index (χ3v) is 2.16. The van der Waals surface area contributed by atoms with Gasteiger partial charge in [0, 0.05) is 26.9 Å². The Bertz CT molecular complexity index is 144. The molecule has 0 radical (unpaired) electrons. The van der Waals surface area contributed by atoms with E-state index in [0.717, 1.165) is 32.7 Å². The second-order valence-corrected chi connectivity index (χ2v) is 3.97. The molecule has 98 valence electrons. The van der Waals surface area contributed by atoms with Crippen LogP contribution in [-0.2, 0) is 14.2 Å². The molecule has 2 atom stereocenters. The Labute approximate surface area is 99.6 Å². The van der Waals surface area contributed by atoms with Crippen LogP contribution in [0.5, 0.6) is 0 Å². The van der Waals surface area contributed by atoms with Gasteiger partial charge in [-0.1, -0.05) is 0 Å². The summed E-state index contributed by atoms with van der Waals surface area (Å²) in [4.78, 5) is 0. The summed E-state index contributed by atoms with van der Waals surface area (Å²) in [6.45, 7) is 10.2. The van der Waals surface area contributed by atoms with E-state index >= 15 is 0 Å². The highest BCUT2D eigenvalue weighted by Crippen LogP contribution is 1.98. The lowest BCUT2D eigenvalue weighted by Gasteiger charge is -2.19. The van der Waals surface area contributed by atoms with E-state index in [1.54, 1.807) is 7.11 Å². The van der Waals surface area contributed by atoms with E-state index in [9.17, 15) is 0 Å². The fraction of sp³-hybridized carbons (Fsp3) is 1.00. The predicted octanol–water partition coefficient (Wildman–Crippen LogP) is 1.44. The first-order chi connectivity index (χ1) is 7.70. The zero-order valence-corrected chi connectivity index (χ0v) is 11.1. The molecule has 0 fully saturated rings. The molecule has 4 nitrogen and oxygen atoms in total. The zero-order chi connectivity index (χ0) is 12.2. The molecule has 0 saturated carbocycles. The van der Waals surface area contributed by atoms with Gasteiger partial charge in [0.2, 0.25) is 0 Å². The Morgan fingerprint density at radius 3 is 2.56 bits per heavy atom. The van der Waals surface area contributed by atoms with E-state index in [1.165, 1.54) is 0 Å². The van der Waals surface area contributed by atoms with Gasteiger partial charge >= 0.3 is 0 Å². The van der Waals surface area contributed by atoms with Crippen LogP contribution in [0.3, 0.4) is 0 Å². The maximum absolute atomic E-state index is 5.74. The van der Waals surface area contributed by atoms with Crippen molar-refractivity contribution in [1.29, 1.82) is 0 Å². The van der Waals surface area contributed by atoms with Gasteiger partial charge in [0.25, 0.3) is 0 Å². The molecule has 0 aromatic rings. The second kappa shape index (κ2) is 11.3. The summed E-state index contributed by atoms with van der Waals surface area (Å²) < 4.78 is 16.0. The molecule has 0 aliphatic heterocycles. The molecule has 0 amide bonds. The molecule has 0 heterocycles. The van der Waals surface area contributed by atoms with Crippen molar-refractivity contribution in [2.24, 2.45) is 0 Å². The summed E-state index contributed by atoms with van der Waals surface area (Å²) in [6, 6.07) is 0. The van der Waals surface area contributed by atoms with Gasteiger partial charge in [-0.15, -0.1) is 0 Å². The van der Waals surface area contributed by atoms with Gasteiger partial charge in [-0.2, -0.15) is 0 Å². The molecule has 0 aromatic heterocycles. The summed E-state index contributed by atoms with van der Waals surface area (Å²) in [5, 5.41) is 3.34. The highest BCUT2D eigenvalue weighted by Gasteiger charge is 2.07. The van der Waals surface area contributed by atoms with Crippen molar-refractivity contribution in [1.82, 2.24) is 5.32 Å². The van der Waals surface area contributed by atoms with Gasteiger partial charge in [-0.05, 0) is 33.7 Å². The van der Waals surface area contributed by atoms with Crippen molar-refractivity contribution < 1.29 is 14.2 Å². The molecule has 2 unspecified atom stereocenters. The molecular formula is C12H27NO3. The van der Waals surface area contributed by atoms with Crippen molar-refractivity contribution in [3.05, 3.63) is 0 Å². The highest BCUT2D eigenvalue weighted by molar-refractivity contribution is 4.58. The van der Waals surface area contributed by atoms with Crippen molar-refractivity contribution in [3.63, 3.8) is 0 Å². The molecule has 1 N–H and O–H groups in total. The molecule has 4 heteroatoms. The Kier molecular flexibility index (Phi) is 11.2. The van der Waals surface area contributed by atoms with Crippen LogP contribution in [0, 0.1) is 0 Å². The van der Waals surface area contributed by atoms with Crippen LogP contribution in [0.2, 0.25) is 0 Å². The Morgan fingerprint density at radius 2 is 1.94 bits per heavy atom. The van der Waals surface area contributed by atoms with Gasteiger partial charge < -0.3 is 19.5 Å². The summed E-state index contributed by atoms with van der Waals surface area (Å²) in [5.41, 5.74) is 0. The van der Waals surface area contributed by atoms with Crippen molar-refractivity contribution in [3.8, 4) is 0 Å². The van der Waals surface area contributed by atoms with E-state index in [4.69, 9.17) is 14.2 Å². The quantitative estimate of drug-likeness (QED) is 0.548. The normalized spacial score (nSPS) is 15.0. The van der Waals surface area contributed by atoms with E-state index in [-0.39, 0.29) is 12.2 Å². The number of ether oxygens (including phenoxy) is 3. The molecule has 0 saturated heterocycles. The van der Waals surface area contributed by atoms with E-state index in [0.29, 0.717) is 6.61 Å². The van der Waals surface area contributed by atoms with Crippen molar-refractivity contribution in [2.75, 3.05) is 40.0 Å². The Morgan fingerprint density at radius 1 is 1.19 bits per heavy atom. The molecule has 0 aromatic carbocycles.